The van der Waals surface area contributed by atoms with Crippen LogP contribution in [0.15, 0.2) is 31.0 Å². The second-order valence-corrected chi connectivity index (χ2v) is 4.21. The van der Waals surface area contributed by atoms with Crippen molar-refractivity contribution in [2.24, 2.45) is 0 Å². The van der Waals surface area contributed by atoms with Gasteiger partial charge >= 0.3 is 0 Å². The van der Waals surface area contributed by atoms with Gasteiger partial charge in [-0.2, -0.15) is 5.10 Å². The average molecular weight is 275 g/mol. The van der Waals surface area contributed by atoms with Crippen molar-refractivity contribution in [2.75, 3.05) is 19.7 Å². The molecule has 0 unspecified atom stereocenters. The number of hydrogen-bond donors (Lipinski definition) is 1. The second kappa shape index (κ2) is 6.76. The quantitative estimate of drug-likeness (QED) is 0.830. The minimum Gasteiger partial charge on any atom is -0.396 e. The van der Waals surface area contributed by atoms with Gasteiger partial charge in [-0.25, -0.2) is 14.6 Å². The topological polar surface area (TPSA) is 84.1 Å². The Bertz CT molecular complexity index is 538. The molecule has 7 heteroatoms. The zero-order chi connectivity index (χ0) is 14.4. The Morgan fingerprint density at radius 3 is 2.85 bits per heavy atom. The number of carbonyl (C=O) groups excluding carboxylic acids is 1. The highest BCUT2D eigenvalue weighted by Gasteiger charge is 2.14. The first kappa shape index (κ1) is 14.1. The molecule has 0 aliphatic heterocycles. The van der Waals surface area contributed by atoms with Gasteiger partial charge in [0.1, 0.15) is 12.7 Å². The summed E-state index contributed by atoms with van der Waals surface area (Å²) in [6.07, 6.45) is 5.07. The molecule has 20 heavy (non-hydrogen) atoms. The average Bonchev–Trinajstić information content (AvgIpc) is 3.02. The summed E-state index contributed by atoms with van der Waals surface area (Å²) in [5, 5.41) is 12.8. The predicted octanol–water partition coefficient (Wildman–Crippen LogP) is 0.507. The highest BCUT2D eigenvalue weighted by molar-refractivity contribution is 5.94. The number of nitrogens with zero attached hydrogens (tertiary/aromatic N) is 5. The molecule has 2 aromatic heterocycles. The maximum Gasteiger partial charge on any atom is 0.255 e. The van der Waals surface area contributed by atoms with Crippen molar-refractivity contribution >= 4 is 5.91 Å². The van der Waals surface area contributed by atoms with Crippen molar-refractivity contribution in [3.63, 3.8) is 0 Å². The van der Waals surface area contributed by atoms with E-state index in [-0.39, 0.29) is 12.5 Å². The van der Waals surface area contributed by atoms with Crippen molar-refractivity contribution < 1.29 is 9.90 Å². The van der Waals surface area contributed by atoms with E-state index in [1.807, 2.05) is 6.92 Å². The van der Waals surface area contributed by atoms with Crippen molar-refractivity contribution in [2.45, 2.75) is 13.3 Å². The molecule has 2 aromatic rings. The number of amides is 1. The van der Waals surface area contributed by atoms with Crippen LogP contribution in [0.5, 0.6) is 0 Å². The van der Waals surface area contributed by atoms with Crippen LogP contribution in [0.4, 0.5) is 0 Å². The maximum absolute atomic E-state index is 12.2. The van der Waals surface area contributed by atoms with Gasteiger partial charge in [-0.3, -0.25) is 4.79 Å². The van der Waals surface area contributed by atoms with Gasteiger partial charge in [0.2, 0.25) is 0 Å². The monoisotopic (exact) mass is 275 g/mol. The van der Waals surface area contributed by atoms with Crippen LogP contribution in [0, 0.1) is 0 Å². The molecular weight excluding hydrogens is 258 g/mol. The van der Waals surface area contributed by atoms with E-state index in [1.54, 1.807) is 23.4 Å². The Kier molecular flexibility index (Phi) is 4.78. The smallest absolute Gasteiger partial charge is 0.255 e. The fraction of sp³-hybridized carbons (Fsp3) is 0.385. The minimum absolute atomic E-state index is 0.0767. The first-order valence-electron chi connectivity index (χ1n) is 6.47. The SMILES string of the molecule is CCN(CCCO)C(=O)c1ccc(-n2cncn2)nc1. The lowest BCUT2D eigenvalue weighted by Gasteiger charge is -2.20. The molecule has 1 amide bonds. The van der Waals surface area contributed by atoms with Crippen LogP contribution in [-0.2, 0) is 0 Å². The van der Waals surface area contributed by atoms with Crippen LogP contribution in [0.25, 0.3) is 5.82 Å². The summed E-state index contributed by atoms with van der Waals surface area (Å²) in [5.41, 5.74) is 0.522. The molecule has 0 aromatic carbocycles. The van der Waals surface area contributed by atoms with Crippen molar-refractivity contribution in [3.05, 3.63) is 36.5 Å². The van der Waals surface area contributed by atoms with Crippen molar-refractivity contribution in [3.8, 4) is 5.82 Å². The van der Waals surface area contributed by atoms with E-state index in [4.69, 9.17) is 5.11 Å². The number of aromatic nitrogens is 4. The second-order valence-electron chi connectivity index (χ2n) is 4.21. The standard InChI is InChI=1S/C13H17N5O2/c1-2-17(6-3-7-19)13(20)11-4-5-12(15-8-11)18-10-14-9-16-18/h4-5,8-10,19H,2-3,6-7H2,1H3. The highest BCUT2D eigenvalue weighted by atomic mass is 16.3. The fourth-order valence-electron chi connectivity index (χ4n) is 1.82. The van der Waals surface area contributed by atoms with Gasteiger partial charge in [0.25, 0.3) is 5.91 Å². The number of hydrogen-bond acceptors (Lipinski definition) is 5. The van der Waals surface area contributed by atoms with Gasteiger partial charge in [-0.05, 0) is 25.5 Å². The third kappa shape index (κ3) is 3.18. The summed E-state index contributed by atoms with van der Waals surface area (Å²) in [5.74, 6) is 0.524. The largest absolute Gasteiger partial charge is 0.396 e. The molecule has 0 atom stereocenters. The lowest BCUT2D eigenvalue weighted by atomic mass is 10.2. The molecule has 1 N–H and O–H groups in total. The molecule has 0 bridgehead atoms. The van der Waals surface area contributed by atoms with Crippen LogP contribution >= 0.6 is 0 Å². The zero-order valence-electron chi connectivity index (χ0n) is 11.3. The van der Waals surface area contributed by atoms with E-state index in [9.17, 15) is 4.79 Å². The number of aliphatic hydroxyl groups is 1. The van der Waals surface area contributed by atoms with Gasteiger partial charge in [0.15, 0.2) is 5.82 Å². The van der Waals surface area contributed by atoms with Gasteiger partial charge in [-0.15, -0.1) is 0 Å². The molecular formula is C13H17N5O2. The molecule has 0 aliphatic rings. The molecule has 2 heterocycles. The zero-order valence-corrected chi connectivity index (χ0v) is 11.3. The molecule has 0 radical (unpaired) electrons. The predicted molar refractivity (Wildman–Crippen MR) is 72.4 cm³/mol. The van der Waals surface area contributed by atoms with Crippen LogP contribution in [0.2, 0.25) is 0 Å². The van der Waals surface area contributed by atoms with E-state index in [0.717, 1.165) is 0 Å². The number of carbonyl (C=O) groups is 1. The van der Waals surface area contributed by atoms with E-state index < -0.39 is 0 Å². The van der Waals surface area contributed by atoms with Crippen molar-refractivity contribution in [1.29, 1.82) is 0 Å². The Morgan fingerprint density at radius 2 is 2.30 bits per heavy atom. The fourth-order valence-corrected chi connectivity index (χ4v) is 1.82. The third-order valence-corrected chi connectivity index (χ3v) is 2.90. The van der Waals surface area contributed by atoms with Crippen LogP contribution < -0.4 is 0 Å². The summed E-state index contributed by atoms with van der Waals surface area (Å²) in [4.78, 5) is 22.0. The first-order chi connectivity index (χ1) is 9.76. The molecule has 0 saturated carbocycles. The Labute approximate surface area is 116 Å². The molecule has 0 aliphatic carbocycles. The Hall–Kier alpha value is -2.28. The number of aliphatic hydroxyl groups excluding tert-OH is 1. The van der Waals surface area contributed by atoms with Gasteiger partial charge in [0, 0.05) is 25.9 Å². The minimum atomic E-state index is -0.0846. The number of rotatable bonds is 6. The molecule has 0 spiro atoms. The first-order valence-corrected chi connectivity index (χ1v) is 6.47. The Morgan fingerprint density at radius 1 is 1.45 bits per heavy atom. The Balaban J connectivity index is 2.10. The van der Waals surface area contributed by atoms with Crippen LogP contribution in [0.3, 0.4) is 0 Å². The molecule has 106 valence electrons. The third-order valence-electron chi connectivity index (χ3n) is 2.90. The van der Waals surface area contributed by atoms with E-state index in [2.05, 4.69) is 15.1 Å². The van der Waals surface area contributed by atoms with Gasteiger partial charge < -0.3 is 10.0 Å². The van der Waals surface area contributed by atoms with Crippen molar-refractivity contribution in [1.82, 2.24) is 24.6 Å². The van der Waals surface area contributed by atoms with E-state index in [0.29, 0.717) is 30.9 Å². The molecule has 0 saturated heterocycles. The lowest BCUT2D eigenvalue weighted by Crippen LogP contribution is -2.32. The summed E-state index contributed by atoms with van der Waals surface area (Å²) in [7, 11) is 0. The van der Waals surface area contributed by atoms with Gasteiger partial charge in [-0.1, -0.05) is 0 Å². The summed E-state index contributed by atoms with van der Waals surface area (Å²) in [6, 6.07) is 3.44. The van der Waals surface area contributed by atoms with Crippen LogP contribution in [-0.4, -0.2) is 55.4 Å². The molecule has 2 rings (SSSR count). The molecule has 7 nitrogen and oxygen atoms in total. The normalized spacial score (nSPS) is 10.5. The van der Waals surface area contributed by atoms with E-state index >= 15 is 0 Å². The lowest BCUT2D eigenvalue weighted by molar-refractivity contribution is 0.0754. The summed E-state index contributed by atoms with van der Waals surface area (Å²) in [6.45, 7) is 3.13. The number of pyridine rings is 1. The maximum atomic E-state index is 12.2. The molecule has 0 fully saturated rings. The summed E-state index contributed by atoms with van der Waals surface area (Å²) < 4.78 is 1.53. The van der Waals surface area contributed by atoms with E-state index in [1.165, 1.54) is 17.2 Å². The summed E-state index contributed by atoms with van der Waals surface area (Å²) >= 11 is 0. The van der Waals surface area contributed by atoms with Crippen LogP contribution in [0.1, 0.15) is 23.7 Å². The van der Waals surface area contributed by atoms with Gasteiger partial charge in [0.05, 0.1) is 5.56 Å². The highest BCUT2D eigenvalue weighted by Crippen LogP contribution is 2.07.